The van der Waals surface area contributed by atoms with Crippen LogP contribution in [0.4, 0.5) is 5.69 Å². The molecule has 164 valence electrons. The molecule has 0 unspecified atom stereocenters. The summed E-state index contributed by atoms with van der Waals surface area (Å²) in [6.45, 7) is 4.04. The number of benzene rings is 3. The molecule has 0 fully saturated rings. The summed E-state index contributed by atoms with van der Waals surface area (Å²) in [5, 5.41) is 2.88. The third-order valence-electron chi connectivity index (χ3n) is 5.14. The number of hydrogen-bond acceptors (Lipinski definition) is 6. The zero-order chi connectivity index (χ0) is 22.8. The zero-order valence-electron chi connectivity index (χ0n) is 18.6. The number of ether oxygens (including phenoxy) is 3. The van der Waals surface area contributed by atoms with Crippen molar-refractivity contribution in [2.75, 3.05) is 26.6 Å². The number of carbonyl (C=O) groups is 1. The molecule has 0 bridgehead atoms. The fourth-order valence-corrected chi connectivity index (χ4v) is 3.61. The molecule has 0 spiro atoms. The van der Waals surface area contributed by atoms with Gasteiger partial charge in [-0.3, -0.25) is 4.79 Å². The summed E-state index contributed by atoms with van der Waals surface area (Å²) in [7, 11) is 4.53. The van der Waals surface area contributed by atoms with Crippen molar-refractivity contribution in [2.24, 2.45) is 0 Å². The van der Waals surface area contributed by atoms with E-state index < -0.39 is 0 Å². The number of fused-ring (bicyclic) bond motifs is 1. The van der Waals surface area contributed by atoms with Crippen LogP contribution in [-0.2, 0) is 0 Å². The molecule has 0 aliphatic carbocycles. The second-order valence-corrected chi connectivity index (χ2v) is 7.39. The van der Waals surface area contributed by atoms with Crippen molar-refractivity contribution in [3.05, 3.63) is 65.2 Å². The maximum absolute atomic E-state index is 12.8. The van der Waals surface area contributed by atoms with Crippen molar-refractivity contribution in [2.45, 2.75) is 13.8 Å². The lowest BCUT2D eigenvalue weighted by Crippen LogP contribution is -2.12. The first-order valence-corrected chi connectivity index (χ1v) is 10.0. The van der Waals surface area contributed by atoms with Gasteiger partial charge in [0.25, 0.3) is 5.91 Å². The molecule has 7 heteroatoms. The molecule has 1 heterocycles. The number of aryl methyl sites for hydroxylation is 2. The number of methoxy groups -OCH3 is 3. The van der Waals surface area contributed by atoms with Crippen LogP contribution in [0, 0.1) is 13.8 Å². The Labute approximate surface area is 185 Å². The van der Waals surface area contributed by atoms with Gasteiger partial charge in [-0.05, 0) is 67.4 Å². The van der Waals surface area contributed by atoms with E-state index in [0.29, 0.717) is 34.4 Å². The molecule has 7 nitrogen and oxygen atoms in total. The van der Waals surface area contributed by atoms with E-state index in [4.69, 9.17) is 18.6 Å². The highest BCUT2D eigenvalue weighted by atomic mass is 16.5. The molecule has 0 saturated heterocycles. The van der Waals surface area contributed by atoms with Crippen LogP contribution < -0.4 is 19.5 Å². The van der Waals surface area contributed by atoms with Crippen LogP contribution in [-0.4, -0.2) is 32.2 Å². The zero-order valence-corrected chi connectivity index (χ0v) is 18.6. The standard InChI is InChI=1S/C25H24N2O5/c1-14-10-15(2)22-19(11-14)27-25(32-22)16-6-8-18(9-7-16)26-24(28)17-12-20(29-3)23(31-5)21(13-17)30-4/h6-13H,1-5H3,(H,26,28). The number of rotatable bonds is 6. The van der Waals surface area contributed by atoms with Gasteiger partial charge in [-0.1, -0.05) is 6.07 Å². The van der Waals surface area contributed by atoms with E-state index >= 15 is 0 Å². The summed E-state index contributed by atoms with van der Waals surface area (Å²) in [5.74, 6) is 1.49. The molecule has 1 N–H and O–H groups in total. The first-order valence-electron chi connectivity index (χ1n) is 10.0. The predicted octanol–water partition coefficient (Wildman–Crippen LogP) is 5.39. The molecule has 4 rings (SSSR count). The molecular formula is C25H24N2O5. The van der Waals surface area contributed by atoms with Gasteiger partial charge in [-0.15, -0.1) is 0 Å². The number of nitrogens with one attached hydrogen (secondary N) is 1. The molecule has 0 aliphatic rings. The van der Waals surface area contributed by atoms with E-state index in [0.717, 1.165) is 27.8 Å². The van der Waals surface area contributed by atoms with E-state index in [1.807, 2.05) is 32.0 Å². The molecule has 1 amide bonds. The number of carbonyl (C=O) groups excluding carboxylic acids is 1. The predicted molar refractivity (Wildman–Crippen MR) is 123 cm³/mol. The SMILES string of the molecule is COc1cc(C(=O)Nc2ccc(-c3nc4cc(C)cc(C)c4o3)cc2)cc(OC)c1OC. The van der Waals surface area contributed by atoms with Crippen molar-refractivity contribution < 1.29 is 23.4 Å². The Hall–Kier alpha value is -4.00. The molecule has 3 aromatic carbocycles. The average Bonchev–Trinajstić information content (AvgIpc) is 3.22. The fourth-order valence-electron chi connectivity index (χ4n) is 3.61. The lowest BCUT2D eigenvalue weighted by atomic mass is 10.1. The summed E-state index contributed by atoms with van der Waals surface area (Å²) in [6, 6.07) is 14.6. The Kier molecular flexibility index (Phi) is 5.73. The number of aromatic nitrogens is 1. The Morgan fingerprint density at radius 3 is 2.16 bits per heavy atom. The Morgan fingerprint density at radius 1 is 0.906 bits per heavy atom. The monoisotopic (exact) mass is 432 g/mol. The number of anilines is 1. The fraction of sp³-hybridized carbons (Fsp3) is 0.200. The van der Waals surface area contributed by atoms with Crippen molar-refractivity contribution in [1.29, 1.82) is 0 Å². The largest absolute Gasteiger partial charge is 0.493 e. The van der Waals surface area contributed by atoms with E-state index in [9.17, 15) is 4.79 Å². The maximum Gasteiger partial charge on any atom is 0.255 e. The minimum Gasteiger partial charge on any atom is -0.493 e. The van der Waals surface area contributed by atoms with Gasteiger partial charge in [0.05, 0.1) is 21.3 Å². The van der Waals surface area contributed by atoms with Crippen LogP contribution in [0.3, 0.4) is 0 Å². The first kappa shape index (κ1) is 21.2. The summed E-state index contributed by atoms with van der Waals surface area (Å²) in [6.07, 6.45) is 0. The van der Waals surface area contributed by atoms with Crippen molar-refractivity contribution in [3.8, 4) is 28.7 Å². The summed E-state index contributed by atoms with van der Waals surface area (Å²) >= 11 is 0. The smallest absolute Gasteiger partial charge is 0.255 e. The highest BCUT2D eigenvalue weighted by Crippen LogP contribution is 2.38. The maximum atomic E-state index is 12.8. The Bertz CT molecular complexity index is 1270. The van der Waals surface area contributed by atoms with Crippen LogP contribution in [0.15, 0.2) is 52.9 Å². The summed E-state index contributed by atoms with van der Waals surface area (Å²) in [5.41, 5.74) is 5.64. The van der Waals surface area contributed by atoms with E-state index in [1.54, 1.807) is 24.3 Å². The Balaban J connectivity index is 1.57. The van der Waals surface area contributed by atoms with Crippen molar-refractivity contribution >= 4 is 22.7 Å². The molecule has 0 atom stereocenters. The second-order valence-electron chi connectivity index (χ2n) is 7.39. The highest BCUT2D eigenvalue weighted by molar-refractivity contribution is 6.05. The van der Waals surface area contributed by atoms with Gasteiger partial charge in [0, 0.05) is 16.8 Å². The number of oxazole rings is 1. The number of amides is 1. The molecule has 1 aromatic heterocycles. The Morgan fingerprint density at radius 2 is 1.56 bits per heavy atom. The topological polar surface area (TPSA) is 82.8 Å². The van der Waals surface area contributed by atoms with Crippen molar-refractivity contribution in [1.82, 2.24) is 4.98 Å². The quantitative estimate of drug-likeness (QED) is 0.440. The highest BCUT2D eigenvalue weighted by Gasteiger charge is 2.17. The molecule has 0 radical (unpaired) electrons. The van der Waals surface area contributed by atoms with Gasteiger partial charge in [-0.25, -0.2) is 4.98 Å². The van der Waals surface area contributed by atoms with E-state index in [1.165, 1.54) is 21.3 Å². The van der Waals surface area contributed by atoms with Crippen LogP contribution in [0.5, 0.6) is 17.2 Å². The van der Waals surface area contributed by atoms with Gasteiger partial charge in [-0.2, -0.15) is 0 Å². The average molecular weight is 432 g/mol. The van der Waals surface area contributed by atoms with Gasteiger partial charge in [0.2, 0.25) is 11.6 Å². The summed E-state index contributed by atoms with van der Waals surface area (Å²) in [4.78, 5) is 17.4. The molecule has 32 heavy (non-hydrogen) atoms. The molecule has 4 aromatic rings. The first-order chi connectivity index (χ1) is 15.4. The normalized spacial score (nSPS) is 10.8. The van der Waals surface area contributed by atoms with Crippen molar-refractivity contribution in [3.63, 3.8) is 0 Å². The lowest BCUT2D eigenvalue weighted by Gasteiger charge is -2.14. The number of hydrogen-bond donors (Lipinski definition) is 1. The molecule has 0 saturated carbocycles. The second kappa shape index (κ2) is 8.63. The van der Waals surface area contributed by atoms with Gasteiger partial charge in [0.15, 0.2) is 17.1 Å². The van der Waals surface area contributed by atoms with Crippen LogP contribution >= 0.6 is 0 Å². The van der Waals surface area contributed by atoms with Gasteiger partial charge >= 0.3 is 0 Å². The minimum absolute atomic E-state index is 0.301. The van der Waals surface area contributed by atoms with Crippen LogP contribution in [0.1, 0.15) is 21.5 Å². The minimum atomic E-state index is -0.301. The van der Waals surface area contributed by atoms with Crippen LogP contribution in [0.2, 0.25) is 0 Å². The summed E-state index contributed by atoms with van der Waals surface area (Å²) < 4.78 is 21.9. The third-order valence-corrected chi connectivity index (χ3v) is 5.14. The molecule has 0 aliphatic heterocycles. The van der Waals surface area contributed by atoms with Crippen LogP contribution in [0.25, 0.3) is 22.6 Å². The number of nitrogens with zero attached hydrogens (tertiary/aromatic N) is 1. The van der Waals surface area contributed by atoms with E-state index in [2.05, 4.69) is 16.4 Å². The van der Waals surface area contributed by atoms with Gasteiger partial charge in [0.1, 0.15) is 5.52 Å². The van der Waals surface area contributed by atoms with Gasteiger partial charge < -0.3 is 23.9 Å². The van der Waals surface area contributed by atoms with E-state index in [-0.39, 0.29) is 5.91 Å². The lowest BCUT2D eigenvalue weighted by molar-refractivity contribution is 0.102. The molecular weight excluding hydrogens is 408 g/mol. The third kappa shape index (κ3) is 3.97.